The maximum atomic E-state index is 8.92. The van der Waals surface area contributed by atoms with Gasteiger partial charge in [-0.05, 0) is 24.6 Å². The van der Waals surface area contributed by atoms with E-state index < -0.39 is 0 Å². The van der Waals surface area contributed by atoms with Crippen LogP contribution in [0.1, 0.15) is 6.42 Å². The van der Waals surface area contributed by atoms with Gasteiger partial charge in [0.05, 0.1) is 22.8 Å². The minimum absolute atomic E-state index is 0. The number of nitrogens with zero attached hydrogens (tertiary/aromatic N) is 1. The third-order valence-corrected chi connectivity index (χ3v) is 3.60. The summed E-state index contributed by atoms with van der Waals surface area (Å²) in [6.45, 7) is 2.43. The predicted octanol–water partition coefficient (Wildman–Crippen LogP) is 3.00. The summed E-state index contributed by atoms with van der Waals surface area (Å²) in [4.78, 5) is 2.20. The van der Waals surface area contributed by atoms with Gasteiger partial charge in [0.1, 0.15) is 0 Å². The van der Waals surface area contributed by atoms with Crippen LogP contribution in [-0.4, -0.2) is 37.5 Å². The first-order chi connectivity index (χ1) is 8.20. The van der Waals surface area contributed by atoms with E-state index in [9.17, 15) is 0 Å². The molecule has 0 radical (unpaired) electrons. The molecule has 1 saturated heterocycles. The molecule has 102 valence electrons. The van der Waals surface area contributed by atoms with E-state index >= 15 is 0 Å². The standard InChI is InChI=1S/C12H15Cl2NO2.ClH/c13-11-2-1-9(7-12(11)14)15-4-6-17-10(8-15)3-5-16;/h1-2,7,10,16H,3-6,8H2;1H/t10-;/m1./s1. The van der Waals surface area contributed by atoms with Crippen LogP contribution >= 0.6 is 35.6 Å². The number of hydrogen-bond donors (Lipinski definition) is 1. The van der Waals surface area contributed by atoms with Crippen molar-refractivity contribution in [3.63, 3.8) is 0 Å². The maximum Gasteiger partial charge on any atom is 0.0772 e. The van der Waals surface area contributed by atoms with Crippen molar-refractivity contribution in [1.82, 2.24) is 0 Å². The van der Waals surface area contributed by atoms with Gasteiger partial charge in [0.25, 0.3) is 0 Å². The van der Waals surface area contributed by atoms with Gasteiger partial charge < -0.3 is 14.7 Å². The molecule has 0 unspecified atom stereocenters. The average molecular weight is 313 g/mol. The zero-order chi connectivity index (χ0) is 12.3. The lowest BCUT2D eigenvalue weighted by Gasteiger charge is -2.34. The number of benzene rings is 1. The van der Waals surface area contributed by atoms with Gasteiger partial charge >= 0.3 is 0 Å². The van der Waals surface area contributed by atoms with E-state index in [0.29, 0.717) is 23.1 Å². The van der Waals surface area contributed by atoms with Crippen LogP contribution in [0, 0.1) is 0 Å². The monoisotopic (exact) mass is 311 g/mol. The molecular formula is C12H16Cl3NO2. The second kappa shape index (κ2) is 7.41. The molecule has 0 bridgehead atoms. The largest absolute Gasteiger partial charge is 0.396 e. The zero-order valence-electron chi connectivity index (χ0n) is 9.81. The lowest BCUT2D eigenvalue weighted by molar-refractivity contribution is 0.0247. The Morgan fingerprint density at radius 2 is 2.11 bits per heavy atom. The highest BCUT2D eigenvalue weighted by Crippen LogP contribution is 2.28. The molecule has 0 aliphatic carbocycles. The van der Waals surface area contributed by atoms with E-state index in [-0.39, 0.29) is 25.1 Å². The first-order valence-corrected chi connectivity index (χ1v) is 6.39. The Bertz CT molecular complexity index is 388. The minimum Gasteiger partial charge on any atom is -0.396 e. The number of rotatable bonds is 3. The van der Waals surface area contributed by atoms with Crippen LogP contribution in [0.4, 0.5) is 5.69 Å². The third kappa shape index (κ3) is 3.90. The number of anilines is 1. The SMILES string of the molecule is Cl.OCC[C@@H]1CN(c2ccc(Cl)c(Cl)c2)CCO1. The van der Waals surface area contributed by atoms with E-state index in [2.05, 4.69) is 4.90 Å². The number of aliphatic hydroxyl groups excluding tert-OH is 1. The van der Waals surface area contributed by atoms with Crippen LogP contribution < -0.4 is 4.90 Å². The van der Waals surface area contributed by atoms with Crippen LogP contribution in [0.25, 0.3) is 0 Å². The minimum atomic E-state index is 0. The smallest absolute Gasteiger partial charge is 0.0772 e. The summed E-state index contributed by atoms with van der Waals surface area (Å²) in [5, 5.41) is 10.0. The van der Waals surface area contributed by atoms with Crippen molar-refractivity contribution in [3.8, 4) is 0 Å². The van der Waals surface area contributed by atoms with E-state index in [1.54, 1.807) is 6.07 Å². The molecule has 1 N–H and O–H groups in total. The van der Waals surface area contributed by atoms with Gasteiger partial charge in [-0.15, -0.1) is 12.4 Å². The van der Waals surface area contributed by atoms with E-state index in [1.807, 2.05) is 12.1 Å². The highest BCUT2D eigenvalue weighted by atomic mass is 35.5. The fourth-order valence-electron chi connectivity index (χ4n) is 1.95. The highest BCUT2D eigenvalue weighted by Gasteiger charge is 2.20. The molecule has 18 heavy (non-hydrogen) atoms. The van der Waals surface area contributed by atoms with Crippen molar-refractivity contribution in [1.29, 1.82) is 0 Å². The normalized spacial score (nSPS) is 19.5. The first kappa shape index (κ1) is 15.9. The summed E-state index contributed by atoms with van der Waals surface area (Å²) in [6, 6.07) is 5.62. The molecule has 1 fully saturated rings. The van der Waals surface area contributed by atoms with Gasteiger partial charge in [-0.3, -0.25) is 0 Å². The Morgan fingerprint density at radius 3 is 2.78 bits per heavy atom. The Hall–Kier alpha value is -0.190. The van der Waals surface area contributed by atoms with Crippen molar-refractivity contribution in [2.45, 2.75) is 12.5 Å². The fraction of sp³-hybridized carbons (Fsp3) is 0.500. The highest BCUT2D eigenvalue weighted by molar-refractivity contribution is 6.42. The fourth-order valence-corrected chi connectivity index (χ4v) is 2.25. The van der Waals surface area contributed by atoms with Gasteiger partial charge in [0.2, 0.25) is 0 Å². The first-order valence-electron chi connectivity index (χ1n) is 5.63. The molecule has 0 spiro atoms. The van der Waals surface area contributed by atoms with Crippen molar-refractivity contribution in [2.24, 2.45) is 0 Å². The van der Waals surface area contributed by atoms with E-state index in [1.165, 1.54) is 0 Å². The van der Waals surface area contributed by atoms with Crippen molar-refractivity contribution in [3.05, 3.63) is 28.2 Å². The van der Waals surface area contributed by atoms with Crippen molar-refractivity contribution >= 4 is 41.3 Å². The van der Waals surface area contributed by atoms with Gasteiger partial charge in [-0.25, -0.2) is 0 Å². The quantitative estimate of drug-likeness (QED) is 0.931. The number of aliphatic hydroxyl groups is 1. The maximum absolute atomic E-state index is 8.92. The molecule has 1 heterocycles. The molecule has 1 aromatic carbocycles. The van der Waals surface area contributed by atoms with Crippen LogP contribution in [0.5, 0.6) is 0 Å². The van der Waals surface area contributed by atoms with E-state index in [0.717, 1.165) is 18.8 Å². The Balaban J connectivity index is 0.00000162. The Morgan fingerprint density at radius 1 is 1.33 bits per heavy atom. The molecular weight excluding hydrogens is 296 g/mol. The van der Waals surface area contributed by atoms with Crippen LogP contribution in [0.2, 0.25) is 10.0 Å². The molecule has 0 amide bonds. The van der Waals surface area contributed by atoms with Gasteiger partial charge in [-0.1, -0.05) is 23.2 Å². The molecule has 1 atom stereocenters. The molecule has 1 aromatic rings. The molecule has 2 rings (SSSR count). The van der Waals surface area contributed by atoms with Gasteiger partial charge in [0, 0.05) is 25.4 Å². The van der Waals surface area contributed by atoms with E-state index in [4.69, 9.17) is 33.0 Å². The van der Waals surface area contributed by atoms with Gasteiger partial charge in [0.15, 0.2) is 0 Å². The molecule has 0 aromatic heterocycles. The average Bonchev–Trinajstić information content (AvgIpc) is 2.33. The summed E-state index contributed by atoms with van der Waals surface area (Å²) >= 11 is 11.9. The molecule has 1 aliphatic rings. The number of halogens is 3. The van der Waals surface area contributed by atoms with Gasteiger partial charge in [-0.2, -0.15) is 0 Å². The molecule has 3 nitrogen and oxygen atoms in total. The Kier molecular flexibility index (Phi) is 6.53. The predicted molar refractivity (Wildman–Crippen MR) is 77.4 cm³/mol. The number of morpholine rings is 1. The lowest BCUT2D eigenvalue weighted by atomic mass is 10.2. The summed E-state index contributed by atoms with van der Waals surface area (Å²) in [6.07, 6.45) is 0.751. The van der Waals surface area contributed by atoms with Crippen molar-refractivity contribution in [2.75, 3.05) is 31.2 Å². The van der Waals surface area contributed by atoms with Crippen LogP contribution in [0.3, 0.4) is 0 Å². The topological polar surface area (TPSA) is 32.7 Å². The summed E-state index contributed by atoms with van der Waals surface area (Å²) in [7, 11) is 0. The number of ether oxygens (including phenoxy) is 1. The summed E-state index contributed by atoms with van der Waals surface area (Å²) < 4.78 is 5.56. The second-order valence-corrected chi connectivity index (χ2v) is 4.86. The van der Waals surface area contributed by atoms with Crippen molar-refractivity contribution < 1.29 is 9.84 Å². The zero-order valence-corrected chi connectivity index (χ0v) is 12.1. The summed E-state index contributed by atoms with van der Waals surface area (Å²) in [5.41, 5.74) is 1.05. The van der Waals surface area contributed by atoms with Crippen LogP contribution in [0.15, 0.2) is 18.2 Å². The number of hydrogen-bond acceptors (Lipinski definition) is 3. The molecule has 1 aliphatic heterocycles. The lowest BCUT2D eigenvalue weighted by Crippen LogP contribution is -2.42. The molecule has 0 saturated carbocycles. The van der Waals surface area contributed by atoms with Crippen LogP contribution in [-0.2, 0) is 4.74 Å². The molecule has 6 heteroatoms. The summed E-state index contributed by atoms with van der Waals surface area (Å²) in [5.74, 6) is 0. The Labute approximate surface area is 123 Å². The third-order valence-electron chi connectivity index (χ3n) is 2.86. The second-order valence-electron chi connectivity index (χ2n) is 4.05.